The Morgan fingerprint density at radius 3 is 2.71 bits per heavy atom. The molecule has 0 saturated heterocycles. The Bertz CT molecular complexity index is 514. The first kappa shape index (κ1) is 11.8. The number of hydrogen-bond donors (Lipinski definition) is 1. The van der Waals surface area contributed by atoms with Gasteiger partial charge in [0.25, 0.3) is 0 Å². The fraction of sp³-hybridized carbons (Fsp3) is 0.167. The fourth-order valence-corrected chi connectivity index (χ4v) is 1.47. The third-order valence-electron chi connectivity index (χ3n) is 2.21. The van der Waals surface area contributed by atoms with E-state index in [1.807, 2.05) is 19.1 Å². The van der Waals surface area contributed by atoms with Gasteiger partial charge in [-0.2, -0.15) is 5.10 Å². The lowest BCUT2D eigenvalue weighted by molar-refractivity contribution is 0.454. The van der Waals surface area contributed by atoms with Crippen molar-refractivity contribution in [3.05, 3.63) is 46.6 Å². The van der Waals surface area contributed by atoms with Crippen LogP contribution in [0.5, 0.6) is 11.6 Å². The van der Waals surface area contributed by atoms with E-state index in [-0.39, 0.29) is 0 Å². The first-order chi connectivity index (χ1) is 8.19. The van der Waals surface area contributed by atoms with E-state index in [1.54, 1.807) is 18.2 Å². The third kappa shape index (κ3) is 2.93. The van der Waals surface area contributed by atoms with Crippen LogP contribution in [0.1, 0.15) is 11.3 Å². The second-order valence-electron chi connectivity index (χ2n) is 3.60. The Labute approximate surface area is 104 Å². The lowest BCUT2D eigenvalue weighted by atomic mass is 10.2. The highest BCUT2D eigenvalue weighted by Gasteiger charge is 2.04. The summed E-state index contributed by atoms with van der Waals surface area (Å²) < 4.78 is 5.54. The molecule has 0 unspecified atom stereocenters. The summed E-state index contributed by atoms with van der Waals surface area (Å²) in [5.74, 6) is 0.969. The van der Waals surface area contributed by atoms with Crippen LogP contribution in [-0.4, -0.2) is 10.2 Å². The molecular weight excluding hydrogens is 238 g/mol. The minimum atomic E-state index is 0.360. The van der Waals surface area contributed by atoms with Gasteiger partial charge in [-0.25, -0.2) is 0 Å². The second kappa shape index (κ2) is 5.12. The van der Waals surface area contributed by atoms with Gasteiger partial charge < -0.3 is 10.5 Å². The van der Waals surface area contributed by atoms with Crippen molar-refractivity contribution >= 4 is 11.6 Å². The number of rotatable bonds is 3. The van der Waals surface area contributed by atoms with E-state index in [0.717, 1.165) is 5.56 Å². The van der Waals surface area contributed by atoms with Crippen molar-refractivity contribution in [3.8, 4) is 11.6 Å². The average Bonchev–Trinajstić information content (AvgIpc) is 2.35. The first-order valence-corrected chi connectivity index (χ1v) is 5.53. The Morgan fingerprint density at radius 1 is 1.24 bits per heavy atom. The van der Waals surface area contributed by atoms with Gasteiger partial charge in [-0.1, -0.05) is 17.7 Å². The lowest BCUT2D eigenvalue weighted by Crippen LogP contribution is -2.01. The minimum absolute atomic E-state index is 0.360. The molecule has 0 bridgehead atoms. The molecule has 0 aliphatic carbocycles. The lowest BCUT2D eigenvalue weighted by Gasteiger charge is -2.07. The molecule has 5 heteroatoms. The zero-order chi connectivity index (χ0) is 12.3. The number of nitrogens with zero attached hydrogens (tertiary/aromatic N) is 2. The van der Waals surface area contributed by atoms with Crippen molar-refractivity contribution in [2.45, 2.75) is 13.5 Å². The first-order valence-electron chi connectivity index (χ1n) is 5.15. The molecule has 0 radical (unpaired) electrons. The molecule has 0 aliphatic rings. The van der Waals surface area contributed by atoms with Crippen LogP contribution in [0.15, 0.2) is 30.3 Å². The highest BCUT2D eigenvalue weighted by Crippen LogP contribution is 2.28. The fourth-order valence-electron chi connectivity index (χ4n) is 1.31. The standard InChI is InChI=1S/C12H12ClN3O/c1-8-2-4-10(13)11(6-8)17-12-5-3-9(7-14)15-16-12/h2-6H,7,14H2,1H3. The molecule has 1 aromatic carbocycles. The Balaban J connectivity index is 2.22. The normalized spacial score (nSPS) is 10.3. The molecular formula is C12H12ClN3O. The van der Waals surface area contributed by atoms with Crippen LogP contribution in [0.2, 0.25) is 5.02 Å². The number of nitrogens with two attached hydrogens (primary N) is 1. The van der Waals surface area contributed by atoms with E-state index >= 15 is 0 Å². The van der Waals surface area contributed by atoms with Gasteiger partial charge in [0.1, 0.15) is 5.75 Å². The number of benzene rings is 1. The largest absolute Gasteiger partial charge is 0.436 e. The van der Waals surface area contributed by atoms with Gasteiger partial charge in [0.2, 0.25) is 5.88 Å². The zero-order valence-corrected chi connectivity index (χ0v) is 10.1. The predicted molar refractivity (Wildman–Crippen MR) is 66.2 cm³/mol. The van der Waals surface area contributed by atoms with Gasteiger partial charge in [0, 0.05) is 12.6 Å². The minimum Gasteiger partial charge on any atom is -0.436 e. The van der Waals surface area contributed by atoms with Crippen LogP contribution >= 0.6 is 11.6 Å². The summed E-state index contributed by atoms with van der Waals surface area (Å²) in [5, 5.41) is 8.35. The second-order valence-corrected chi connectivity index (χ2v) is 4.01. The molecule has 0 aliphatic heterocycles. The SMILES string of the molecule is Cc1ccc(Cl)c(Oc2ccc(CN)nn2)c1. The smallest absolute Gasteiger partial charge is 0.238 e. The molecule has 88 valence electrons. The van der Waals surface area contributed by atoms with E-state index < -0.39 is 0 Å². The monoisotopic (exact) mass is 249 g/mol. The van der Waals surface area contributed by atoms with Gasteiger partial charge in [0.05, 0.1) is 10.7 Å². The van der Waals surface area contributed by atoms with Crippen molar-refractivity contribution in [1.29, 1.82) is 0 Å². The van der Waals surface area contributed by atoms with Crippen molar-refractivity contribution in [3.63, 3.8) is 0 Å². The van der Waals surface area contributed by atoms with Gasteiger partial charge in [-0.15, -0.1) is 5.10 Å². The maximum absolute atomic E-state index is 6.01. The third-order valence-corrected chi connectivity index (χ3v) is 2.52. The summed E-state index contributed by atoms with van der Waals surface area (Å²) in [6.45, 7) is 2.32. The van der Waals surface area contributed by atoms with Crippen LogP contribution in [0.3, 0.4) is 0 Å². The molecule has 2 aromatic rings. The van der Waals surface area contributed by atoms with Crippen LogP contribution in [0, 0.1) is 6.92 Å². The van der Waals surface area contributed by atoms with Gasteiger partial charge in [-0.3, -0.25) is 0 Å². The highest BCUT2D eigenvalue weighted by atomic mass is 35.5. The van der Waals surface area contributed by atoms with Crippen molar-refractivity contribution in [1.82, 2.24) is 10.2 Å². The van der Waals surface area contributed by atoms with E-state index in [0.29, 0.717) is 28.9 Å². The molecule has 1 heterocycles. The summed E-state index contributed by atoms with van der Waals surface area (Å²) >= 11 is 6.01. The van der Waals surface area contributed by atoms with Gasteiger partial charge in [-0.05, 0) is 30.7 Å². The zero-order valence-electron chi connectivity index (χ0n) is 9.35. The van der Waals surface area contributed by atoms with Crippen LogP contribution in [-0.2, 0) is 6.54 Å². The molecule has 2 rings (SSSR count). The number of aryl methyl sites for hydroxylation is 1. The van der Waals surface area contributed by atoms with E-state index in [2.05, 4.69) is 10.2 Å². The Kier molecular flexibility index (Phi) is 3.56. The topological polar surface area (TPSA) is 61.0 Å². The van der Waals surface area contributed by atoms with Crippen molar-refractivity contribution < 1.29 is 4.74 Å². The molecule has 0 amide bonds. The van der Waals surface area contributed by atoms with Crippen LogP contribution < -0.4 is 10.5 Å². The Morgan fingerprint density at radius 2 is 2.06 bits per heavy atom. The van der Waals surface area contributed by atoms with E-state index in [1.165, 1.54) is 0 Å². The summed E-state index contributed by atoms with van der Waals surface area (Å²) in [4.78, 5) is 0. The van der Waals surface area contributed by atoms with Crippen LogP contribution in [0.25, 0.3) is 0 Å². The molecule has 4 nitrogen and oxygen atoms in total. The van der Waals surface area contributed by atoms with Crippen LogP contribution in [0.4, 0.5) is 0 Å². The van der Waals surface area contributed by atoms with Crippen molar-refractivity contribution in [2.75, 3.05) is 0 Å². The number of hydrogen-bond acceptors (Lipinski definition) is 4. The van der Waals surface area contributed by atoms with Gasteiger partial charge in [0.15, 0.2) is 0 Å². The quantitative estimate of drug-likeness (QED) is 0.909. The Hall–Kier alpha value is -1.65. The van der Waals surface area contributed by atoms with E-state index in [4.69, 9.17) is 22.1 Å². The summed E-state index contributed by atoms with van der Waals surface area (Å²) in [7, 11) is 0. The predicted octanol–water partition coefficient (Wildman–Crippen LogP) is 2.69. The summed E-state index contributed by atoms with van der Waals surface area (Å²) in [6, 6.07) is 9.03. The average molecular weight is 250 g/mol. The number of halogens is 1. The maximum Gasteiger partial charge on any atom is 0.238 e. The number of ether oxygens (including phenoxy) is 1. The molecule has 2 N–H and O–H groups in total. The number of aromatic nitrogens is 2. The molecule has 0 saturated carbocycles. The molecule has 17 heavy (non-hydrogen) atoms. The molecule has 1 aromatic heterocycles. The molecule has 0 fully saturated rings. The maximum atomic E-state index is 6.01. The van der Waals surface area contributed by atoms with Gasteiger partial charge >= 0.3 is 0 Å². The summed E-state index contributed by atoms with van der Waals surface area (Å²) in [6.07, 6.45) is 0. The van der Waals surface area contributed by atoms with Crippen molar-refractivity contribution in [2.24, 2.45) is 5.73 Å². The molecule has 0 atom stereocenters. The highest BCUT2D eigenvalue weighted by molar-refractivity contribution is 6.32. The van der Waals surface area contributed by atoms with E-state index in [9.17, 15) is 0 Å². The summed E-state index contributed by atoms with van der Waals surface area (Å²) in [5.41, 5.74) is 7.21. The molecule has 0 spiro atoms.